The van der Waals surface area contributed by atoms with Crippen LogP contribution in [0.15, 0.2) is 59.6 Å². The number of nitrogen functional groups attached to an aromatic ring is 1. The van der Waals surface area contributed by atoms with Gasteiger partial charge in [0.15, 0.2) is 17.3 Å². The Morgan fingerprint density at radius 2 is 1.72 bits per heavy atom. The molecule has 0 radical (unpaired) electrons. The van der Waals surface area contributed by atoms with Crippen LogP contribution in [0.3, 0.4) is 0 Å². The van der Waals surface area contributed by atoms with Gasteiger partial charge < -0.3 is 21.7 Å². The summed E-state index contributed by atoms with van der Waals surface area (Å²) in [7, 11) is 0. The molecule has 1 aromatic heterocycles. The highest BCUT2D eigenvalue weighted by Crippen LogP contribution is 2.34. The van der Waals surface area contributed by atoms with Gasteiger partial charge in [-0.05, 0) is 48.7 Å². The molecule has 8 nitrogen and oxygen atoms in total. The van der Waals surface area contributed by atoms with E-state index < -0.39 is 0 Å². The second-order valence-corrected chi connectivity index (χ2v) is 9.46. The van der Waals surface area contributed by atoms with Gasteiger partial charge in [-0.2, -0.15) is 9.97 Å². The number of amidine groups is 1. The minimum atomic E-state index is -0.334. The van der Waals surface area contributed by atoms with Gasteiger partial charge in [0.1, 0.15) is 11.7 Å². The zero-order chi connectivity index (χ0) is 25.5. The number of halogens is 1. The Morgan fingerprint density at radius 1 is 1.03 bits per heavy atom. The van der Waals surface area contributed by atoms with E-state index in [1.54, 1.807) is 12.1 Å². The molecule has 2 aromatic carbocycles. The average molecular weight is 491 g/mol. The lowest BCUT2D eigenvalue weighted by atomic mass is 10.1. The summed E-state index contributed by atoms with van der Waals surface area (Å²) in [6, 6.07) is 15.9. The van der Waals surface area contributed by atoms with Crippen LogP contribution in [-0.4, -0.2) is 53.4 Å². The first kappa shape index (κ1) is 25.4. The molecule has 5 N–H and O–H groups in total. The normalized spacial score (nSPS) is 14.9. The molecule has 0 unspecified atom stereocenters. The van der Waals surface area contributed by atoms with Crippen LogP contribution in [0.2, 0.25) is 0 Å². The molecule has 190 valence electrons. The molecule has 1 fully saturated rings. The van der Waals surface area contributed by atoms with E-state index in [1.165, 1.54) is 18.6 Å². The fraction of sp³-hybridized carbons (Fsp3) is 0.370. The molecule has 36 heavy (non-hydrogen) atoms. The number of benzene rings is 2. The Bertz CT molecular complexity index is 1160. The number of rotatable bonds is 9. The second-order valence-electron chi connectivity index (χ2n) is 9.46. The molecule has 0 atom stereocenters. The maximum Gasteiger partial charge on any atom is 0.227 e. The molecule has 0 bridgehead atoms. The fourth-order valence-corrected chi connectivity index (χ4v) is 4.07. The Kier molecular flexibility index (Phi) is 8.32. The van der Waals surface area contributed by atoms with Crippen LogP contribution >= 0.6 is 0 Å². The Hall–Kier alpha value is -3.72. The van der Waals surface area contributed by atoms with Crippen molar-refractivity contribution in [3.63, 3.8) is 0 Å². The summed E-state index contributed by atoms with van der Waals surface area (Å²) in [5.74, 6) is 1.90. The Balaban J connectivity index is 1.60. The van der Waals surface area contributed by atoms with E-state index in [0.29, 0.717) is 35.5 Å². The van der Waals surface area contributed by atoms with E-state index in [-0.39, 0.29) is 17.5 Å². The van der Waals surface area contributed by atoms with Gasteiger partial charge in [0.25, 0.3) is 0 Å². The lowest BCUT2D eigenvalue weighted by molar-refractivity contribution is 0.243. The summed E-state index contributed by atoms with van der Waals surface area (Å²) in [6.07, 6.45) is 1.18. The SMILES string of the molecule is CC(C)CCN1CCN(c2nc(NCc3ccccc3)nc(N)c2N=C(N)c2ccc(F)cc2)CC1. The van der Waals surface area contributed by atoms with Gasteiger partial charge in [-0.15, -0.1) is 0 Å². The maximum atomic E-state index is 13.4. The van der Waals surface area contributed by atoms with Crippen molar-refractivity contribution in [3.05, 3.63) is 71.5 Å². The molecule has 4 rings (SSSR count). The predicted octanol–water partition coefficient (Wildman–Crippen LogP) is 4.02. The molecule has 2 heterocycles. The summed E-state index contributed by atoms with van der Waals surface area (Å²) in [5, 5.41) is 3.28. The van der Waals surface area contributed by atoms with Gasteiger partial charge in [-0.1, -0.05) is 44.2 Å². The van der Waals surface area contributed by atoms with E-state index in [2.05, 4.69) is 38.9 Å². The van der Waals surface area contributed by atoms with Crippen molar-refractivity contribution in [1.29, 1.82) is 0 Å². The molecule has 1 aliphatic rings. The molecule has 0 saturated carbocycles. The van der Waals surface area contributed by atoms with Gasteiger partial charge in [0.05, 0.1) is 0 Å². The molecular weight excluding hydrogens is 455 g/mol. The largest absolute Gasteiger partial charge is 0.383 e. The van der Waals surface area contributed by atoms with Crippen molar-refractivity contribution in [3.8, 4) is 0 Å². The molecule has 3 aromatic rings. The number of nitrogens with two attached hydrogens (primary N) is 2. The first-order valence-electron chi connectivity index (χ1n) is 12.4. The summed E-state index contributed by atoms with van der Waals surface area (Å²) >= 11 is 0. The van der Waals surface area contributed by atoms with Crippen LogP contribution in [-0.2, 0) is 6.54 Å². The average Bonchev–Trinajstić information content (AvgIpc) is 2.88. The van der Waals surface area contributed by atoms with Crippen molar-refractivity contribution in [2.75, 3.05) is 48.7 Å². The minimum Gasteiger partial charge on any atom is -0.383 e. The number of nitrogens with zero attached hydrogens (tertiary/aromatic N) is 5. The molecule has 0 aliphatic carbocycles. The highest BCUT2D eigenvalue weighted by Gasteiger charge is 2.23. The maximum absolute atomic E-state index is 13.4. The van der Waals surface area contributed by atoms with Crippen LogP contribution in [0.25, 0.3) is 0 Å². The zero-order valence-corrected chi connectivity index (χ0v) is 21.0. The van der Waals surface area contributed by atoms with Gasteiger partial charge in [0, 0.05) is 38.3 Å². The standard InChI is InChI=1S/C27H35FN8/c1-19(2)12-13-35-14-16-36(17-15-35)26-23(32-24(29)21-8-10-22(28)11-9-21)25(30)33-27(34-26)31-18-20-6-4-3-5-7-20/h3-11,19H,12-18H2,1-2H3,(H2,29,32)(H3,30,31,33,34). The van der Waals surface area contributed by atoms with Gasteiger partial charge in [-0.25, -0.2) is 9.38 Å². The first-order chi connectivity index (χ1) is 17.4. The summed E-state index contributed by atoms with van der Waals surface area (Å²) in [4.78, 5) is 18.6. The second kappa shape index (κ2) is 11.8. The summed E-state index contributed by atoms with van der Waals surface area (Å²) in [5.41, 5.74) is 14.8. The predicted molar refractivity (Wildman–Crippen MR) is 145 cm³/mol. The van der Waals surface area contributed by atoms with Gasteiger partial charge in [-0.3, -0.25) is 4.90 Å². The smallest absolute Gasteiger partial charge is 0.227 e. The molecule has 0 amide bonds. The number of anilines is 3. The highest BCUT2D eigenvalue weighted by atomic mass is 19.1. The molecule has 1 aliphatic heterocycles. The fourth-order valence-electron chi connectivity index (χ4n) is 4.07. The van der Waals surface area contributed by atoms with Crippen molar-refractivity contribution >= 4 is 29.1 Å². The number of nitrogens with one attached hydrogen (secondary N) is 1. The molecule has 0 spiro atoms. The van der Waals surface area contributed by atoms with E-state index in [0.717, 1.165) is 38.3 Å². The lowest BCUT2D eigenvalue weighted by Gasteiger charge is -2.36. The van der Waals surface area contributed by atoms with Crippen LogP contribution in [0, 0.1) is 11.7 Å². The number of hydrogen-bond donors (Lipinski definition) is 3. The Morgan fingerprint density at radius 3 is 2.39 bits per heavy atom. The van der Waals surface area contributed by atoms with E-state index in [4.69, 9.17) is 16.5 Å². The van der Waals surface area contributed by atoms with Crippen LogP contribution in [0.4, 0.5) is 27.7 Å². The van der Waals surface area contributed by atoms with Crippen molar-refractivity contribution in [2.45, 2.75) is 26.8 Å². The molecule has 9 heteroatoms. The zero-order valence-electron chi connectivity index (χ0n) is 21.0. The Labute approximate surface area is 212 Å². The first-order valence-corrected chi connectivity index (χ1v) is 12.4. The molecular formula is C27H35FN8. The van der Waals surface area contributed by atoms with E-state index in [1.807, 2.05) is 30.3 Å². The van der Waals surface area contributed by atoms with Crippen LogP contribution in [0.1, 0.15) is 31.4 Å². The summed E-state index contributed by atoms with van der Waals surface area (Å²) in [6.45, 7) is 9.61. The monoisotopic (exact) mass is 490 g/mol. The highest BCUT2D eigenvalue weighted by molar-refractivity contribution is 6.00. The van der Waals surface area contributed by atoms with Crippen LogP contribution in [0.5, 0.6) is 0 Å². The van der Waals surface area contributed by atoms with Gasteiger partial charge >= 0.3 is 0 Å². The third-order valence-electron chi connectivity index (χ3n) is 6.25. The minimum absolute atomic E-state index is 0.229. The third kappa shape index (κ3) is 6.69. The van der Waals surface area contributed by atoms with Gasteiger partial charge in [0.2, 0.25) is 5.95 Å². The quantitative estimate of drug-likeness (QED) is 0.307. The van der Waals surface area contributed by atoms with Crippen LogP contribution < -0.4 is 21.7 Å². The van der Waals surface area contributed by atoms with Crippen molar-refractivity contribution in [2.24, 2.45) is 16.6 Å². The third-order valence-corrected chi connectivity index (χ3v) is 6.25. The van der Waals surface area contributed by atoms with Crippen molar-refractivity contribution < 1.29 is 4.39 Å². The number of aromatic nitrogens is 2. The number of aliphatic imine (C=N–C) groups is 1. The molecule has 1 saturated heterocycles. The van der Waals surface area contributed by atoms with Crippen molar-refractivity contribution in [1.82, 2.24) is 14.9 Å². The number of hydrogen-bond acceptors (Lipinski definition) is 7. The topological polar surface area (TPSA) is 109 Å². The lowest BCUT2D eigenvalue weighted by Crippen LogP contribution is -2.47. The van der Waals surface area contributed by atoms with E-state index >= 15 is 0 Å². The number of piperazine rings is 1. The van der Waals surface area contributed by atoms with E-state index in [9.17, 15) is 4.39 Å². The summed E-state index contributed by atoms with van der Waals surface area (Å²) < 4.78 is 13.4.